The maximum atomic E-state index is 4.79. The fourth-order valence-corrected chi connectivity index (χ4v) is 3.84. The van der Waals surface area contributed by atoms with E-state index >= 15 is 0 Å². The minimum atomic E-state index is 0. The molecule has 3 heterocycles. The lowest BCUT2D eigenvalue weighted by molar-refractivity contribution is 0.467. The van der Waals surface area contributed by atoms with Crippen LogP contribution >= 0.6 is 35.7 Å². The number of piperidine rings is 1. The van der Waals surface area contributed by atoms with Crippen LogP contribution in [0.1, 0.15) is 30.9 Å². The number of hydrogen-bond donors (Lipinski definition) is 2. The molecule has 0 spiro atoms. The van der Waals surface area contributed by atoms with E-state index in [-0.39, 0.29) is 24.0 Å². The van der Waals surface area contributed by atoms with Gasteiger partial charge in [-0.05, 0) is 38.2 Å². The minimum Gasteiger partial charge on any atom is -0.367 e. The summed E-state index contributed by atoms with van der Waals surface area (Å²) in [6, 6.07) is 0.344. The Morgan fingerprint density at radius 1 is 1.33 bits per heavy atom. The van der Waals surface area contributed by atoms with Crippen LogP contribution < -0.4 is 15.5 Å². The number of hydrogen-bond acceptors (Lipinski definition) is 6. The van der Waals surface area contributed by atoms with Crippen LogP contribution in [-0.4, -0.2) is 68.2 Å². The molecule has 2 aromatic heterocycles. The highest BCUT2D eigenvalue weighted by molar-refractivity contribution is 14.0. The van der Waals surface area contributed by atoms with Crippen LogP contribution in [0.3, 0.4) is 0 Å². The van der Waals surface area contributed by atoms with Gasteiger partial charge in [0.25, 0.3) is 0 Å². The monoisotopic (exact) mass is 547 g/mol. The third-order valence-electron chi connectivity index (χ3n) is 5.20. The Kier molecular flexibility index (Phi) is 10.2. The second-order valence-corrected chi connectivity index (χ2v) is 8.45. The Morgan fingerprint density at radius 3 is 2.83 bits per heavy atom. The SMILES string of the molecule is CSCCCNC(=NCc1nnc(C)n1C)NC1CCCN(c2cnn(C)c2)C1.I. The molecule has 11 heteroatoms. The lowest BCUT2D eigenvalue weighted by atomic mass is 10.1. The highest BCUT2D eigenvalue weighted by atomic mass is 127. The molecule has 1 aliphatic rings. The van der Waals surface area contributed by atoms with Crippen LogP contribution in [0, 0.1) is 6.92 Å². The molecule has 9 nitrogen and oxygen atoms in total. The molecule has 1 aliphatic heterocycles. The number of anilines is 1. The molecule has 30 heavy (non-hydrogen) atoms. The number of aromatic nitrogens is 5. The molecule has 1 fully saturated rings. The molecule has 2 aromatic rings. The van der Waals surface area contributed by atoms with Crippen molar-refractivity contribution < 1.29 is 0 Å². The van der Waals surface area contributed by atoms with Crippen LogP contribution in [-0.2, 0) is 20.6 Å². The van der Waals surface area contributed by atoms with Crippen LogP contribution in [0.5, 0.6) is 0 Å². The summed E-state index contributed by atoms with van der Waals surface area (Å²) < 4.78 is 3.84. The molecule has 1 unspecified atom stereocenters. The maximum Gasteiger partial charge on any atom is 0.191 e. The number of thioether (sulfide) groups is 1. The molecule has 0 aliphatic carbocycles. The lowest BCUT2D eigenvalue weighted by Gasteiger charge is -2.34. The Balaban J connectivity index is 0.00000320. The van der Waals surface area contributed by atoms with Gasteiger partial charge in [-0.15, -0.1) is 34.2 Å². The van der Waals surface area contributed by atoms with Crippen molar-refractivity contribution in [3.05, 3.63) is 24.0 Å². The maximum absolute atomic E-state index is 4.79. The van der Waals surface area contributed by atoms with Crippen molar-refractivity contribution in [1.29, 1.82) is 0 Å². The van der Waals surface area contributed by atoms with E-state index in [9.17, 15) is 0 Å². The van der Waals surface area contributed by atoms with E-state index in [4.69, 9.17) is 4.99 Å². The fourth-order valence-electron chi connectivity index (χ4n) is 3.41. The second kappa shape index (κ2) is 12.4. The number of halogens is 1. The van der Waals surface area contributed by atoms with E-state index in [2.05, 4.69) is 43.3 Å². The van der Waals surface area contributed by atoms with Gasteiger partial charge in [-0.2, -0.15) is 16.9 Å². The van der Waals surface area contributed by atoms with Gasteiger partial charge in [0.05, 0.1) is 11.9 Å². The Hall–Kier alpha value is -1.50. The fraction of sp³-hybridized carbons (Fsp3) is 0.684. The topological polar surface area (TPSA) is 88.2 Å². The summed E-state index contributed by atoms with van der Waals surface area (Å²) >= 11 is 1.87. The average Bonchev–Trinajstić information content (AvgIpc) is 3.29. The minimum absolute atomic E-state index is 0. The van der Waals surface area contributed by atoms with E-state index in [0.717, 1.165) is 62.3 Å². The number of nitrogens with zero attached hydrogens (tertiary/aromatic N) is 7. The number of aliphatic imine (C=N–C) groups is 1. The first-order valence-electron chi connectivity index (χ1n) is 10.2. The lowest BCUT2D eigenvalue weighted by Crippen LogP contribution is -2.51. The second-order valence-electron chi connectivity index (χ2n) is 7.46. The summed E-state index contributed by atoms with van der Waals surface area (Å²) in [5, 5.41) is 19.8. The van der Waals surface area contributed by atoms with Crippen molar-refractivity contribution in [2.45, 2.75) is 38.8 Å². The molecule has 2 N–H and O–H groups in total. The predicted octanol–water partition coefficient (Wildman–Crippen LogP) is 1.93. The van der Waals surface area contributed by atoms with Gasteiger partial charge in [0.1, 0.15) is 12.4 Å². The third kappa shape index (κ3) is 7.03. The zero-order valence-corrected chi connectivity index (χ0v) is 21.5. The van der Waals surface area contributed by atoms with Gasteiger partial charge < -0.3 is 20.1 Å². The summed E-state index contributed by atoms with van der Waals surface area (Å²) in [5.41, 5.74) is 1.18. The highest BCUT2D eigenvalue weighted by Gasteiger charge is 2.22. The first-order valence-corrected chi connectivity index (χ1v) is 11.6. The molecule has 3 rings (SSSR count). The van der Waals surface area contributed by atoms with Gasteiger partial charge in [-0.25, -0.2) is 4.99 Å². The summed E-state index contributed by atoms with van der Waals surface area (Å²) in [7, 11) is 3.94. The molecule has 1 atom stereocenters. The largest absolute Gasteiger partial charge is 0.367 e. The molecule has 0 saturated carbocycles. The predicted molar refractivity (Wildman–Crippen MR) is 135 cm³/mol. The van der Waals surface area contributed by atoms with Crippen molar-refractivity contribution in [2.75, 3.05) is 36.5 Å². The number of rotatable bonds is 8. The van der Waals surface area contributed by atoms with E-state index < -0.39 is 0 Å². The third-order valence-corrected chi connectivity index (χ3v) is 5.89. The molecule has 168 valence electrons. The van der Waals surface area contributed by atoms with Crippen LogP contribution in [0.2, 0.25) is 0 Å². The summed E-state index contributed by atoms with van der Waals surface area (Å²) in [6.07, 6.45) is 9.54. The van der Waals surface area contributed by atoms with Crippen molar-refractivity contribution in [3.8, 4) is 0 Å². The van der Waals surface area contributed by atoms with Gasteiger partial charge in [-0.1, -0.05) is 0 Å². The van der Waals surface area contributed by atoms with E-state index in [1.165, 1.54) is 5.69 Å². The number of nitrogens with one attached hydrogen (secondary N) is 2. The Labute approximate surface area is 200 Å². The summed E-state index contributed by atoms with van der Waals surface area (Å²) in [5.74, 6) is 3.76. The zero-order valence-electron chi connectivity index (χ0n) is 18.3. The molecule has 0 radical (unpaired) electrons. The van der Waals surface area contributed by atoms with Crippen LogP contribution in [0.15, 0.2) is 17.4 Å². The quantitative estimate of drug-likeness (QED) is 0.226. The molecular formula is C19H34IN9S. The zero-order chi connectivity index (χ0) is 20.6. The van der Waals surface area contributed by atoms with Gasteiger partial charge in [0, 0.05) is 46.0 Å². The molecule has 1 saturated heterocycles. The van der Waals surface area contributed by atoms with Crippen LogP contribution in [0.4, 0.5) is 5.69 Å². The molecular weight excluding hydrogens is 513 g/mol. The average molecular weight is 548 g/mol. The standard InChI is InChI=1S/C19H33N9S.HI/c1-15-24-25-18(27(15)3)12-21-19(20-8-6-10-29-4)23-16-7-5-9-28(13-16)17-11-22-26(2)14-17;/h11,14,16H,5-10,12-13H2,1-4H3,(H2,20,21,23);1H. The van der Waals surface area contributed by atoms with Crippen molar-refractivity contribution >= 4 is 47.4 Å². The molecule has 0 bridgehead atoms. The van der Waals surface area contributed by atoms with E-state index in [0.29, 0.717) is 12.6 Å². The number of aryl methyl sites for hydroxylation is 2. The van der Waals surface area contributed by atoms with Gasteiger partial charge in [0.2, 0.25) is 0 Å². The first-order chi connectivity index (χ1) is 14.1. The molecule has 0 amide bonds. The van der Waals surface area contributed by atoms with Gasteiger partial charge in [0.15, 0.2) is 11.8 Å². The summed E-state index contributed by atoms with van der Waals surface area (Å²) in [4.78, 5) is 7.19. The highest BCUT2D eigenvalue weighted by Crippen LogP contribution is 2.19. The summed E-state index contributed by atoms with van der Waals surface area (Å²) in [6.45, 7) is 5.38. The van der Waals surface area contributed by atoms with Crippen molar-refractivity contribution in [2.24, 2.45) is 19.1 Å². The van der Waals surface area contributed by atoms with Crippen molar-refractivity contribution in [1.82, 2.24) is 35.2 Å². The van der Waals surface area contributed by atoms with Gasteiger partial charge in [-0.3, -0.25) is 4.68 Å². The van der Waals surface area contributed by atoms with E-state index in [1.807, 2.05) is 48.2 Å². The molecule has 0 aromatic carbocycles. The van der Waals surface area contributed by atoms with Crippen molar-refractivity contribution in [3.63, 3.8) is 0 Å². The first kappa shape index (κ1) is 24.8. The smallest absolute Gasteiger partial charge is 0.191 e. The Morgan fingerprint density at radius 2 is 2.17 bits per heavy atom. The Bertz CT molecular complexity index is 804. The normalized spacial score (nSPS) is 17.0. The van der Waals surface area contributed by atoms with Crippen LogP contribution in [0.25, 0.3) is 0 Å². The number of guanidine groups is 1. The van der Waals surface area contributed by atoms with Gasteiger partial charge >= 0.3 is 0 Å². The van der Waals surface area contributed by atoms with E-state index in [1.54, 1.807) is 0 Å².